The molecular formula is C13H16BrNO3. The molecule has 0 bridgehead atoms. The highest BCUT2D eigenvalue weighted by molar-refractivity contribution is 9.10. The number of anilines is 1. The van der Waals surface area contributed by atoms with Crippen LogP contribution in [0.4, 0.5) is 5.69 Å². The Morgan fingerprint density at radius 2 is 2.33 bits per heavy atom. The number of fused-ring (bicyclic) bond motifs is 1. The first-order chi connectivity index (χ1) is 8.52. The van der Waals surface area contributed by atoms with Crippen molar-refractivity contribution in [3.8, 4) is 5.75 Å². The van der Waals surface area contributed by atoms with Gasteiger partial charge in [0.2, 0.25) is 0 Å². The lowest BCUT2D eigenvalue weighted by molar-refractivity contribution is -0.127. The standard InChI is InChI=1S/C13H16BrNO3/c1-8-7-15(13(16)9(2)17-3)11-6-10(14)4-5-12(11)18-8/h4-6,8-9H,7H2,1-3H3/t8-,9+/m1/s1. The number of ether oxygens (including phenoxy) is 2. The average molecular weight is 314 g/mol. The van der Waals surface area contributed by atoms with Gasteiger partial charge in [0, 0.05) is 11.6 Å². The molecule has 0 saturated heterocycles. The summed E-state index contributed by atoms with van der Waals surface area (Å²) in [5.74, 6) is 0.681. The summed E-state index contributed by atoms with van der Waals surface area (Å²) >= 11 is 3.41. The van der Waals surface area contributed by atoms with E-state index < -0.39 is 6.10 Å². The fraction of sp³-hybridized carbons (Fsp3) is 0.462. The Labute approximate surface area is 115 Å². The molecule has 0 radical (unpaired) electrons. The van der Waals surface area contributed by atoms with Gasteiger partial charge in [-0.25, -0.2) is 0 Å². The second kappa shape index (κ2) is 5.28. The van der Waals surface area contributed by atoms with Crippen LogP contribution >= 0.6 is 15.9 Å². The Balaban J connectivity index is 2.38. The van der Waals surface area contributed by atoms with Gasteiger partial charge in [0.15, 0.2) is 0 Å². The van der Waals surface area contributed by atoms with Gasteiger partial charge in [-0.3, -0.25) is 4.79 Å². The molecule has 0 fully saturated rings. The third kappa shape index (κ3) is 2.52. The van der Waals surface area contributed by atoms with E-state index in [1.807, 2.05) is 25.1 Å². The molecule has 1 aliphatic rings. The number of hydrogen-bond acceptors (Lipinski definition) is 3. The first-order valence-electron chi connectivity index (χ1n) is 5.83. The summed E-state index contributed by atoms with van der Waals surface area (Å²) in [7, 11) is 1.54. The van der Waals surface area contributed by atoms with E-state index in [1.54, 1.807) is 11.8 Å². The zero-order chi connectivity index (χ0) is 13.3. The molecule has 5 heteroatoms. The van der Waals surface area contributed by atoms with Gasteiger partial charge in [0.1, 0.15) is 18.0 Å². The number of benzene rings is 1. The summed E-state index contributed by atoms with van der Waals surface area (Å²) in [6.45, 7) is 4.23. The molecular weight excluding hydrogens is 298 g/mol. The van der Waals surface area contributed by atoms with E-state index in [0.717, 1.165) is 15.9 Å². The maximum absolute atomic E-state index is 12.3. The summed E-state index contributed by atoms with van der Waals surface area (Å²) in [5, 5.41) is 0. The van der Waals surface area contributed by atoms with Crippen molar-refractivity contribution >= 4 is 27.5 Å². The number of carbonyl (C=O) groups excluding carboxylic acids is 1. The SMILES string of the molecule is CO[C@@H](C)C(=O)N1C[C@@H](C)Oc2ccc(Br)cc21. The quantitative estimate of drug-likeness (QED) is 0.842. The van der Waals surface area contributed by atoms with Gasteiger partial charge in [-0.05, 0) is 32.0 Å². The monoisotopic (exact) mass is 313 g/mol. The molecule has 1 aliphatic heterocycles. The Kier molecular flexibility index (Phi) is 3.92. The van der Waals surface area contributed by atoms with Gasteiger partial charge >= 0.3 is 0 Å². The van der Waals surface area contributed by atoms with Crippen molar-refractivity contribution in [1.82, 2.24) is 0 Å². The second-order valence-corrected chi connectivity index (χ2v) is 5.28. The number of hydrogen-bond donors (Lipinski definition) is 0. The maximum atomic E-state index is 12.3. The Bertz CT molecular complexity index is 464. The molecule has 98 valence electrons. The fourth-order valence-corrected chi connectivity index (χ4v) is 2.29. The number of carbonyl (C=O) groups is 1. The van der Waals surface area contributed by atoms with E-state index in [9.17, 15) is 4.79 Å². The molecule has 0 saturated carbocycles. The molecule has 2 atom stereocenters. The summed E-state index contributed by atoms with van der Waals surface area (Å²) < 4.78 is 11.7. The molecule has 0 spiro atoms. The van der Waals surface area contributed by atoms with Crippen molar-refractivity contribution in [2.24, 2.45) is 0 Å². The van der Waals surface area contributed by atoms with E-state index in [-0.39, 0.29) is 12.0 Å². The van der Waals surface area contributed by atoms with Crippen LogP contribution in [0.2, 0.25) is 0 Å². The van der Waals surface area contributed by atoms with E-state index >= 15 is 0 Å². The molecule has 4 nitrogen and oxygen atoms in total. The predicted molar refractivity (Wildman–Crippen MR) is 73.1 cm³/mol. The number of methoxy groups -OCH3 is 1. The lowest BCUT2D eigenvalue weighted by atomic mass is 10.1. The number of rotatable bonds is 2. The molecule has 1 aromatic rings. The summed E-state index contributed by atoms with van der Waals surface area (Å²) in [4.78, 5) is 14.0. The molecule has 2 rings (SSSR count). The minimum absolute atomic E-state index is 0.0216. The summed E-state index contributed by atoms with van der Waals surface area (Å²) in [5.41, 5.74) is 0.788. The van der Waals surface area contributed by atoms with Crippen LogP contribution in [-0.4, -0.2) is 31.8 Å². The van der Waals surface area contributed by atoms with Crippen LogP contribution < -0.4 is 9.64 Å². The Hall–Kier alpha value is -1.07. The molecule has 1 aromatic carbocycles. The van der Waals surface area contributed by atoms with Gasteiger partial charge in [-0.2, -0.15) is 0 Å². The van der Waals surface area contributed by atoms with E-state index in [0.29, 0.717) is 6.54 Å². The summed E-state index contributed by atoms with van der Waals surface area (Å²) in [6.07, 6.45) is -0.478. The van der Waals surface area contributed by atoms with Gasteiger partial charge in [-0.1, -0.05) is 15.9 Å². The molecule has 0 aliphatic carbocycles. The van der Waals surface area contributed by atoms with Gasteiger partial charge in [0.05, 0.1) is 12.2 Å². The van der Waals surface area contributed by atoms with Crippen molar-refractivity contribution in [2.75, 3.05) is 18.6 Å². The first-order valence-corrected chi connectivity index (χ1v) is 6.62. The van der Waals surface area contributed by atoms with Gasteiger partial charge in [0.25, 0.3) is 5.91 Å². The van der Waals surface area contributed by atoms with Crippen LogP contribution in [0.3, 0.4) is 0 Å². The van der Waals surface area contributed by atoms with E-state index in [1.165, 1.54) is 7.11 Å². The van der Waals surface area contributed by atoms with Gasteiger partial charge in [-0.15, -0.1) is 0 Å². The molecule has 0 aromatic heterocycles. The smallest absolute Gasteiger partial charge is 0.256 e. The number of nitrogens with zero attached hydrogens (tertiary/aromatic N) is 1. The fourth-order valence-electron chi connectivity index (χ4n) is 1.94. The molecule has 18 heavy (non-hydrogen) atoms. The highest BCUT2D eigenvalue weighted by Gasteiger charge is 2.30. The van der Waals surface area contributed by atoms with Crippen molar-refractivity contribution in [3.63, 3.8) is 0 Å². The Morgan fingerprint density at radius 1 is 1.61 bits per heavy atom. The van der Waals surface area contributed by atoms with Crippen LogP contribution in [0, 0.1) is 0 Å². The van der Waals surface area contributed by atoms with Crippen LogP contribution in [0.25, 0.3) is 0 Å². The van der Waals surface area contributed by atoms with E-state index in [2.05, 4.69) is 15.9 Å². The minimum atomic E-state index is -0.456. The predicted octanol–water partition coefficient (Wildman–Crippen LogP) is 2.60. The highest BCUT2D eigenvalue weighted by atomic mass is 79.9. The van der Waals surface area contributed by atoms with Crippen LogP contribution in [0.15, 0.2) is 22.7 Å². The Morgan fingerprint density at radius 3 is 3.00 bits per heavy atom. The zero-order valence-corrected chi connectivity index (χ0v) is 12.2. The summed E-state index contributed by atoms with van der Waals surface area (Å²) in [6, 6.07) is 5.66. The highest BCUT2D eigenvalue weighted by Crippen LogP contribution is 2.36. The molecule has 0 N–H and O–H groups in total. The topological polar surface area (TPSA) is 38.8 Å². The minimum Gasteiger partial charge on any atom is -0.487 e. The van der Waals surface area contributed by atoms with Crippen molar-refractivity contribution in [2.45, 2.75) is 26.1 Å². The number of amides is 1. The molecule has 1 amide bonds. The van der Waals surface area contributed by atoms with Crippen molar-refractivity contribution in [1.29, 1.82) is 0 Å². The van der Waals surface area contributed by atoms with Crippen molar-refractivity contribution < 1.29 is 14.3 Å². The van der Waals surface area contributed by atoms with Crippen LogP contribution in [0.5, 0.6) is 5.75 Å². The second-order valence-electron chi connectivity index (χ2n) is 4.37. The lowest BCUT2D eigenvalue weighted by Crippen LogP contribution is -2.46. The normalized spacial score (nSPS) is 20.0. The van der Waals surface area contributed by atoms with Gasteiger partial charge < -0.3 is 14.4 Å². The van der Waals surface area contributed by atoms with Crippen molar-refractivity contribution in [3.05, 3.63) is 22.7 Å². The first kappa shape index (κ1) is 13.4. The molecule has 1 heterocycles. The van der Waals surface area contributed by atoms with Crippen LogP contribution in [-0.2, 0) is 9.53 Å². The number of halogens is 1. The third-order valence-electron chi connectivity index (χ3n) is 2.95. The lowest BCUT2D eigenvalue weighted by Gasteiger charge is -2.34. The third-order valence-corrected chi connectivity index (χ3v) is 3.44. The average Bonchev–Trinajstić information content (AvgIpc) is 2.36. The zero-order valence-electron chi connectivity index (χ0n) is 10.6. The largest absolute Gasteiger partial charge is 0.487 e. The van der Waals surface area contributed by atoms with E-state index in [4.69, 9.17) is 9.47 Å². The van der Waals surface area contributed by atoms with Crippen LogP contribution in [0.1, 0.15) is 13.8 Å². The maximum Gasteiger partial charge on any atom is 0.256 e. The molecule has 0 unspecified atom stereocenters.